The maximum absolute atomic E-state index is 13.2. The molecule has 6 atom stereocenters. The van der Waals surface area contributed by atoms with Gasteiger partial charge < -0.3 is 111 Å². The van der Waals surface area contributed by atoms with E-state index in [9.17, 15) is 72.5 Å². The Hall–Kier alpha value is 2.31. The molecule has 25 nitrogen and oxygen atoms in total. The molecule has 0 heterocycles. The van der Waals surface area contributed by atoms with Crippen LogP contribution in [0.15, 0.2) is 12.7 Å². The van der Waals surface area contributed by atoms with E-state index in [1.807, 2.05) is 158 Å². The number of hydrogen-bond donors (Lipinski definition) is 5. The second-order valence-electron chi connectivity index (χ2n) is 40.0. The fraction of sp³-hybridized carbons (Fsp3) is 0.973. The van der Waals surface area contributed by atoms with Crippen molar-refractivity contribution in [3.05, 3.63) is 12.7 Å². The standard InChI is InChI=1S/C31H71F3O10Si5.2C12H33F3O4Si5.C9H18O3.C8H21F3O4Si3.C2H7ClSi/c1-27(35)23-39-29(3)25-37-18-15-20-45(5,6)41-47(9,10)43-49(13,22-14-17-31(32,33)34)44-48(11,12)42-46(7,8)21-16-19-38-26-30(4)40-24-28(2)36;2*1-20(2)16-22(5,6)18-24(9,11-10-12(13,14)15)19-23(7,8)17-21(3)4;1-4-5-11-7-9(3)12-6-8(2)10;1-16(2,12)14-18(5,15-17(3,4)13)7-6-8(9,10)11;1-4(2)3/h27-30,35-36H,14-26H2,1-13H3;2*20-21H,10-11H2,1-9H3;4,8-10H,1,5-7H2,2-3H3;12-13H,6-7H2,1-5H3;4H,1-2H3. The van der Waals surface area contributed by atoms with Crippen molar-refractivity contribution in [3.63, 3.8) is 0 Å². The lowest BCUT2D eigenvalue weighted by Gasteiger charge is -2.44. The van der Waals surface area contributed by atoms with Gasteiger partial charge in [-0.05, 0) is 307 Å². The normalized spacial score (nSPS) is 15.7. The Labute approximate surface area is 811 Å². The van der Waals surface area contributed by atoms with Crippen molar-refractivity contribution >= 4 is 175 Å². The first-order valence-corrected chi connectivity index (χ1v) is 99.5. The number of rotatable bonds is 62. The molecule has 131 heavy (non-hydrogen) atoms. The molecule has 0 aliphatic rings. The van der Waals surface area contributed by atoms with E-state index in [0.29, 0.717) is 46.2 Å². The summed E-state index contributed by atoms with van der Waals surface area (Å²) in [5.41, 5.74) is 0. The third kappa shape index (κ3) is 101. The zero-order chi connectivity index (χ0) is 105. The maximum atomic E-state index is 13.2. The minimum Gasteiger partial charge on any atom is -0.440 e. The van der Waals surface area contributed by atoms with Gasteiger partial charge in [-0.3, -0.25) is 0 Å². The van der Waals surface area contributed by atoms with Gasteiger partial charge in [0.1, 0.15) is 8.11 Å². The first-order chi connectivity index (χ1) is 58.1. The summed E-state index contributed by atoms with van der Waals surface area (Å²) in [7, 11) is -44.8. The molecule has 0 fully saturated rings. The lowest BCUT2D eigenvalue weighted by atomic mass is 10.3. The molecule has 0 amide bonds. The van der Waals surface area contributed by atoms with Crippen LogP contribution in [-0.2, 0) is 86.0 Å². The highest BCUT2D eigenvalue weighted by molar-refractivity contribution is 7.05. The maximum Gasteiger partial charge on any atom is 0.389 e. The third-order valence-corrected chi connectivity index (χ3v) is 78.2. The molecule has 0 aromatic carbocycles. The van der Waals surface area contributed by atoms with Crippen LogP contribution in [0.25, 0.3) is 0 Å². The lowest BCUT2D eigenvalue weighted by Crippen LogP contribution is -2.59. The van der Waals surface area contributed by atoms with Crippen LogP contribution in [0.2, 0.25) is 259 Å². The summed E-state index contributed by atoms with van der Waals surface area (Å²) in [6, 6.07) is 1.28. The Morgan fingerprint density at radius 1 is 0.305 bits per heavy atom. The monoisotopic (exact) mass is 2270 g/mol. The van der Waals surface area contributed by atoms with Gasteiger partial charge in [0.05, 0.1) is 82.9 Å². The molecule has 0 aliphatic carbocycles. The number of hydrogen-bond acceptors (Lipinski definition) is 25. The molecule has 0 rings (SSSR count). The molecular weight excluding hydrogens is 2090 g/mol. The van der Waals surface area contributed by atoms with Crippen LogP contribution in [0.5, 0.6) is 0 Å². The number of alkyl halides is 12. The topological polar surface area (TPSA) is 286 Å². The van der Waals surface area contributed by atoms with E-state index in [1.54, 1.807) is 39.9 Å². The van der Waals surface area contributed by atoms with Crippen LogP contribution in [0.4, 0.5) is 52.7 Å². The lowest BCUT2D eigenvalue weighted by molar-refractivity contribution is -0.135. The molecule has 5 N–H and O–H groups in total. The van der Waals surface area contributed by atoms with E-state index >= 15 is 0 Å². The van der Waals surface area contributed by atoms with Crippen molar-refractivity contribution < 1.29 is 164 Å². The zero-order valence-electron chi connectivity index (χ0n) is 87.5. The SMILES string of the molecule is C=CCOCC(C)OCC(C)O.CC(O)COC(C)COCCC[Si](C)(C)O[Si](C)(C)O[Si](C)(CCCC(F)(F)F)O[Si](C)(C)O[Si](C)(C)CCCOCC(C)OCC(C)O.C[SiH](C)Cl.C[SiH](C)O[Si](C)(C)O[Si](C)(CCC(F)(F)F)O[Si](C)(C)O[SiH](C)C.C[SiH](C)O[Si](C)(C)O[Si](C)(CCC(F)(F)F)O[Si](C)(C)O[SiH](C)C.C[Si](C)(O)O[Si](C)(CCC(F)(F)F)O[Si](C)(C)O. The van der Waals surface area contributed by atoms with Crippen LogP contribution in [0, 0.1) is 0 Å². The second kappa shape index (κ2) is 65.7. The minimum absolute atomic E-state index is 0.0274. The van der Waals surface area contributed by atoms with Crippen LogP contribution in [0.1, 0.15) is 86.5 Å². The van der Waals surface area contributed by atoms with Crippen molar-refractivity contribution in [2.45, 2.75) is 407 Å². The Morgan fingerprint density at radius 2 is 0.519 bits per heavy atom. The molecule has 0 aliphatic heterocycles. The average molecular weight is 2270 g/mol. The van der Waals surface area contributed by atoms with Crippen LogP contribution in [0.3, 0.4) is 0 Å². The molecule has 0 bridgehead atoms. The van der Waals surface area contributed by atoms with Crippen molar-refractivity contribution in [2.75, 3.05) is 59.5 Å². The summed E-state index contributed by atoms with van der Waals surface area (Å²) in [5, 5.41) is 27.6. The molecule has 6 unspecified atom stereocenters. The van der Waals surface area contributed by atoms with Crippen LogP contribution < -0.4 is 0 Å². The molecule has 0 spiro atoms. The van der Waals surface area contributed by atoms with Gasteiger partial charge in [0.15, 0.2) is 52.8 Å². The summed E-state index contributed by atoms with van der Waals surface area (Å²) in [5.74, 6) is 0. The first-order valence-electron chi connectivity index (χ1n) is 45.4. The second-order valence-corrected chi connectivity index (χ2v) is 107. The Balaban J connectivity index is -0.000000401. The molecule has 0 aromatic rings. The molecule has 796 valence electrons. The smallest absolute Gasteiger partial charge is 0.389 e. The molecule has 0 saturated carbocycles. The predicted molar refractivity (Wildman–Crippen MR) is 550 cm³/mol. The highest BCUT2D eigenvalue weighted by Gasteiger charge is 2.53. The summed E-state index contributed by atoms with van der Waals surface area (Å²) in [4.78, 5) is 19.4. The number of halogens is 13. The highest BCUT2D eigenvalue weighted by atomic mass is 35.6. The number of ether oxygens (including phenoxy) is 6. The van der Waals surface area contributed by atoms with E-state index in [4.69, 9.17) is 102 Å². The molecule has 0 aromatic heterocycles. The molecule has 57 heteroatoms. The van der Waals surface area contributed by atoms with Crippen molar-refractivity contribution in [3.8, 4) is 0 Å². The summed E-state index contributed by atoms with van der Waals surface area (Å²) >= 11 is 5.41. The van der Waals surface area contributed by atoms with Gasteiger partial charge in [-0.2, -0.15) is 63.8 Å². The minimum atomic E-state index is -4.30. The largest absolute Gasteiger partial charge is 0.440 e. The van der Waals surface area contributed by atoms with E-state index in [0.717, 1.165) is 24.9 Å². The van der Waals surface area contributed by atoms with E-state index in [1.165, 1.54) is 32.7 Å². The van der Waals surface area contributed by atoms with Gasteiger partial charge >= 0.3 is 127 Å². The Morgan fingerprint density at radius 3 is 0.725 bits per heavy atom. The molecule has 0 radical (unpaired) electrons. The average Bonchev–Trinajstić information content (AvgIpc) is 0.800. The Bertz CT molecular complexity index is 2720. The van der Waals surface area contributed by atoms with Gasteiger partial charge in [0.25, 0.3) is 0 Å². The van der Waals surface area contributed by atoms with E-state index < -0.39 is 232 Å². The fourth-order valence-electron chi connectivity index (χ4n) is 13.3. The van der Waals surface area contributed by atoms with Gasteiger partial charge in [-0.1, -0.05) is 19.2 Å². The molecular formula is C74H183ClF12O25Si19. The van der Waals surface area contributed by atoms with Gasteiger partial charge in [-0.15, -0.1) is 6.58 Å². The quantitative estimate of drug-likeness (QED) is 0.0124. The summed E-state index contributed by atoms with van der Waals surface area (Å²) in [6.07, 6.45) is -19.1. The van der Waals surface area contributed by atoms with Crippen LogP contribution >= 0.6 is 11.1 Å². The van der Waals surface area contributed by atoms with Gasteiger partial charge in [0.2, 0.25) is 0 Å². The van der Waals surface area contributed by atoms with Gasteiger partial charge in [-0.25, -0.2) is 0 Å². The van der Waals surface area contributed by atoms with Crippen molar-refractivity contribution in [2.24, 2.45) is 0 Å². The summed E-state index contributed by atoms with van der Waals surface area (Å²) < 4.78 is 272. The van der Waals surface area contributed by atoms with E-state index in [2.05, 4.69) is 45.9 Å². The Kier molecular flexibility index (Phi) is 72.2. The van der Waals surface area contributed by atoms with Gasteiger partial charge in [0, 0.05) is 38.9 Å². The zero-order valence-corrected chi connectivity index (χ0v) is 108. The van der Waals surface area contributed by atoms with E-state index in [-0.39, 0.29) is 62.1 Å². The van der Waals surface area contributed by atoms with Crippen molar-refractivity contribution in [1.29, 1.82) is 0 Å². The first kappa shape index (κ1) is 144. The van der Waals surface area contributed by atoms with Crippen LogP contribution in [-0.4, -0.2) is 309 Å². The van der Waals surface area contributed by atoms with Crippen molar-refractivity contribution in [1.82, 2.24) is 0 Å². The number of aliphatic hydroxyl groups is 3. The molecule has 0 saturated heterocycles. The third-order valence-electron chi connectivity index (χ3n) is 15.8. The highest BCUT2D eigenvalue weighted by Crippen LogP contribution is 2.38. The predicted octanol–water partition coefficient (Wildman–Crippen LogP) is 21.2. The fourth-order valence-corrected chi connectivity index (χ4v) is 90.4. The number of aliphatic hydroxyl groups excluding tert-OH is 3. The summed E-state index contributed by atoms with van der Waals surface area (Å²) in [6.45, 7) is 82.7.